The highest BCUT2D eigenvalue weighted by Gasteiger charge is 2.29. The fraction of sp³-hybridized carbons (Fsp3) is 0.471. The molecule has 1 aromatic carbocycles. The van der Waals surface area contributed by atoms with Gasteiger partial charge in [-0.05, 0) is 49.0 Å². The van der Waals surface area contributed by atoms with Crippen molar-refractivity contribution in [2.45, 2.75) is 32.7 Å². The molecule has 6 nitrogen and oxygen atoms in total. The van der Waals surface area contributed by atoms with Crippen LogP contribution in [-0.4, -0.2) is 35.5 Å². The quantitative estimate of drug-likeness (QED) is 0.427. The molecule has 0 spiro atoms. The first-order chi connectivity index (χ1) is 11.1. The highest BCUT2D eigenvalue weighted by Crippen LogP contribution is 2.34. The molecule has 23 heavy (non-hydrogen) atoms. The Balaban J connectivity index is 1.92. The third-order valence-corrected chi connectivity index (χ3v) is 4.37. The third-order valence-electron chi connectivity index (χ3n) is 4.37. The molecule has 1 aromatic rings. The van der Waals surface area contributed by atoms with Crippen LogP contribution in [0.5, 0.6) is 5.75 Å². The lowest BCUT2D eigenvalue weighted by Gasteiger charge is -2.38. The maximum atomic E-state index is 10.0. The van der Waals surface area contributed by atoms with Crippen LogP contribution in [0.25, 0.3) is 0 Å². The summed E-state index contributed by atoms with van der Waals surface area (Å²) in [6.45, 7) is 4.93. The lowest BCUT2D eigenvalue weighted by Crippen LogP contribution is -2.38. The van der Waals surface area contributed by atoms with E-state index in [-0.39, 0.29) is 11.2 Å². The number of hydrogen-bond acceptors (Lipinski definition) is 6. The monoisotopic (exact) mass is 313 g/mol. The van der Waals surface area contributed by atoms with Gasteiger partial charge >= 0.3 is 0 Å². The van der Waals surface area contributed by atoms with Crippen LogP contribution in [0.2, 0.25) is 0 Å². The van der Waals surface area contributed by atoms with E-state index in [1.54, 1.807) is 12.1 Å². The van der Waals surface area contributed by atoms with Crippen molar-refractivity contribution >= 4 is 18.1 Å². The molecule has 0 bridgehead atoms. The van der Waals surface area contributed by atoms with Gasteiger partial charge in [-0.15, -0.1) is 0 Å². The number of benzene rings is 1. The number of phenols is 1. The number of anilines is 1. The highest BCUT2D eigenvalue weighted by molar-refractivity contribution is 6.14. The molecule has 0 unspecified atom stereocenters. The van der Waals surface area contributed by atoms with E-state index in [1.807, 2.05) is 6.07 Å². The van der Waals surface area contributed by atoms with Gasteiger partial charge in [0.05, 0.1) is 18.0 Å². The molecule has 2 rings (SSSR count). The second-order valence-corrected chi connectivity index (χ2v) is 6.33. The maximum Gasteiger partial charge on any atom is 0.140 e. The molecule has 1 aliphatic rings. The van der Waals surface area contributed by atoms with Gasteiger partial charge in [-0.1, -0.05) is 13.0 Å². The number of phenolic OH excluding ortho intramolecular Hbond substituents is 1. The van der Waals surface area contributed by atoms with Crippen molar-refractivity contribution < 1.29 is 5.11 Å². The van der Waals surface area contributed by atoms with Gasteiger partial charge in [-0.2, -0.15) is 10.4 Å². The summed E-state index contributed by atoms with van der Waals surface area (Å²) in [6.07, 6.45) is 5.06. The van der Waals surface area contributed by atoms with Gasteiger partial charge in [-0.3, -0.25) is 10.3 Å². The van der Waals surface area contributed by atoms with E-state index in [0.717, 1.165) is 44.3 Å². The molecular weight excluding hydrogens is 290 g/mol. The molecule has 3 N–H and O–H groups in total. The van der Waals surface area contributed by atoms with Gasteiger partial charge < -0.3 is 10.5 Å². The van der Waals surface area contributed by atoms with E-state index in [9.17, 15) is 5.11 Å². The second-order valence-electron chi connectivity index (χ2n) is 6.33. The molecule has 122 valence electrons. The van der Waals surface area contributed by atoms with E-state index in [4.69, 9.17) is 10.7 Å². The summed E-state index contributed by atoms with van der Waals surface area (Å²) >= 11 is 0. The first-order valence-electron chi connectivity index (χ1n) is 7.76. The molecule has 1 heterocycles. The normalized spacial score (nSPS) is 17.7. The smallest absolute Gasteiger partial charge is 0.140 e. The van der Waals surface area contributed by atoms with Gasteiger partial charge in [0, 0.05) is 19.2 Å². The predicted molar refractivity (Wildman–Crippen MR) is 91.9 cm³/mol. The molecule has 6 heteroatoms. The van der Waals surface area contributed by atoms with Crippen molar-refractivity contribution in [3.8, 4) is 11.8 Å². The number of piperidine rings is 1. The molecule has 0 atom stereocenters. The van der Waals surface area contributed by atoms with E-state index < -0.39 is 0 Å². The average molecular weight is 313 g/mol. The lowest BCUT2D eigenvalue weighted by molar-refractivity contribution is 0.116. The molecular formula is C17H23N5O. The van der Waals surface area contributed by atoms with Gasteiger partial charge in [0.1, 0.15) is 5.75 Å². The minimum absolute atomic E-state index is 0.147. The number of nitrogens with zero attached hydrogens (tertiary/aromatic N) is 3. The van der Waals surface area contributed by atoms with Gasteiger partial charge in [0.15, 0.2) is 0 Å². The van der Waals surface area contributed by atoms with E-state index in [0.29, 0.717) is 12.1 Å². The van der Waals surface area contributed by atoms with E-state index >= 15 is 0 Å². The largest absolute Gasteiger partial charge is 0.506 e. The highest BCUT2D eigenvalue weighted by atomic mass is 16.3. The lowest BCUT2D eigenvalue weighted by atomic mass is 9.78. The zero-order valence-corrected chi connectivity index (χ0v) is 13.4. The van der Waals surface area contributed by atoms with Crippen LogP contribution in [0.1, 0.15) is 31.7 Å². The zero-order chi connectivity index (χ0) is 16.7. The standard InChI is InChI=1S/C17H23N5O/c1-17(4-7-18)5-10-22(11-6-17)13-14-2-3-15(16(23)12-14)21-20-9-8-19/h2-3,8-9,12,19,21,23H,4-6,10-11,13H2,1H3/b19-8?,20-9-. The van der Waals surface area contributed by atoms with Crippen molar-refractivity contribution in [2.75, 3.05) is 18.5 Å². The Morgan fingerprint density at radius 3 is 2.83 bits per heavy atom. The number of nitriles is 1. The Labute approximate surface area is 136 Å². The number of aromatic hydroxyl groups is 1. The molecule has 0 saturated carbocycles. The van der Waals surface area contributed by atoms with Crippen molar-refractivity contribution in [1.29, 1.82) is 10.7 Å². The summed E-state index contributed by atoms with van der Waals surface area (Å²) in [6, 6.07) is 7.79. The number of nitrogens with one attached hydrogen (secondary N) is 2. The van der Waals surface area contributed by atoms with Crippen LogP contribution in [0, 0.1) is 22.2 Å². The summed E-state index contributed by atoms with van der Waals surface area (Å²) in [5, 5.41) is 29.6. The average Bonchev–Trinajstić information content (AvgIpc) is 2.52. The summed E-state index contributed by atoms with van der Waals surface area (Å²) in [5.74, 6) is 0.149. The molecule has 0 aromatic heterocycles. The first kappa shape index (κ1) is 17.0. The molecule has 1 fully saturated rings. The minimum Gasteiger partial charge on any atom is -0.506 e. The topological polar surface area (TPSA) is 95.5 Å². The van der Waals surface area contributed by atoms with Crippen LogP contribution in [0.3, 0.4) is 0 Å². The Kier molecular flexibility index (Phi) is 5.72. The molecule has 1 aliphatic heterocycles. The van der Waals surface area contributed by atoms with Crippen LogP contribution >= 0.6 is 0 Å². The summed E-state index contributed by atoms with van der Waals surface area (Å²) in [5.41, 5.74) is 4.41. The van der Waals surface area contributed by atoms with Crippen LogP contribution in [0.15, 0.2) is 23.3 Å². The molecule has 0 aliphatic carbocycles. The minimum atomic E-state index is 0.147. The van der Waals surface area contributed by atoms with Crippen molar-refractivity contribution in [1.82, 2.24) is 4.90 Å². The third kappa shape index (κ3) is 4.80. The Hall–Kier alpha value is -2.39. The molecule has 0 amide bonds. The van der Waals surface area contributed by atoms with Gasteiger partial charge in [-0.25, -0.2) is 0 Å². The summed E-state index contributed by atoms with van der Waals surface area (Å²) in [7, 11) is 0. The Morgan fingerprint density at radius 2 is 2.22 bits per heavy atom. The van der Waals surface area contributed by atoms with Crippen molar-refractivity contribution in [3.05, 3.63) is 23.8 Å². The van der Waals surface area contributed by atoms with Gasteiger partial charge in [0.25, 0.3) is 0 Å². The van der Waals surface area contributed by atoms with Gasteiger partial charge in [0.2, 0.25) is 0 Å². The maximum absolute atomic E-state index is 10.0. The SMILES string of the molecule is CC1(CC#N)CCN(Cc2ccc(N/N=C\C=N)c(O)c2)CC1. The molecule has 0 radical (unpaired) electrons. The number of hydrogen-bond donors (Lipinski definition) is 3. The van der Waals surface area contributed by atoms with Crippen LogP contribution in [-0.2, 0) is 6.54 Å². The Bertz CT molecular complexity index is 612. The fourth-order valence-electron chi connectivity index (χ4n) is 2.79. The number of hydrazone groups is 1. The number of likely N-dealkylation sites (tertiary alicyclic amines) is 1. The summed E-state index contributed by atoms with van der Waals surface area (Å²) < 4.78 is 0. The predicted octanol–water partition coefficient (Wildman–Crippen LogP) is 2.96. The second kappa shape index (κ2) is 7.75. The fourth-order valence-corrected chi connectivity index (χ4v) is 2.79. The van der Waals surface area contributed by atoms with Crippen molar-refractivity contribution in [3.63, 3.8) is 0 Å². The van der Waals surface area contributed by atoms with E-state index in [1.165, 1.54) is 6.21 Å². The van der Waals surface area contributed by atoms with Crippen LogP contribution in [0.4, 0.5) is 5.69 Å². The van der Waals surface area contributed by atoms with Crippen LogP contribution < -0.4 is 5.43 Å². The van der Waals surface area contributed by atoms with E-state index in [2.05, 4.69) is 28.4 Å². The number of rotatable bonds is 6. The molecule has 1 saturated heterocycles. The van der Waals surface area contributed by atoms with Crippen molar-refractivity contribution in [2.24, 2.45) is 10.5 Å². The summed E-state index contributed by atoms with van der Waals surface area (Å²) in [4.78, 5) is 2.36. The zero-order valence-electron chi connectivity index (χ0n) is 13.4. The first-order valence-corrected chi connectivity index (χ1v) is 7.76. The Morgan fingerprint density at radius 1 is 1.48 bits per heavy atom.